The fraction of sp³-hybridized carbons (Fsp3) is 0.167. The van der Waals surface area contributed by atoms with E-state index in [1.54, 1.807) is 12.1 Å². The third-order valence-corrected chi connectivity index (χ3v) is 4.21. The lowest BCUT2D eigenvalue weighted by atomic mass is 10.1. The molecule has 1 nitrogen and oxygen atoms in total. The largest absolute Gasteiger partial charge is 0.320 e. The molecule has 1 atom stereocenters. The third-order valence-electron chi connectivity index (χ3n) is 2.42. The highest BCUT2D eigenvalue weighted by Crippen LogP contribution is 2.34. The molecule has 0 fully saturated rings. The normalized spacial score (nSPS) is 12.8. The highest BCUT2D eigenvalue weighted by atomic mass is 35.5. The molecule has 0 bridgehead atoms. The number of hydrogen-bond acceptors (Lipinski definition) is 2. The SMILES string of the molecule is Cc1csc(C(N)c2cccc(F)c2)c1Cl. The van der Waals surface area contributed by atoms with Gasteiger partial charge >= 0.3 is 0 Å². The molecule has 2 rings (SSSR count). The van der Waals surface area contributed by atoms with Crippen molar-refractivity contribution in [1.29, 1.82) is 0 Å². The van der Waals surface area contributed by atoms with Crippen molar-refractivity contribution in [3.8, 4) is 0 Å². The monoisotopic (exact) mass is 255 g/mol. The van der Waals surface area contributed by atoms with E-state index in [0.717, 1.165) is 16.0 Å². The summed E-state index contributed by atoms with van der Waals surface area (Å²) in [5.74, 6) is -0.280. The van der Waals surface area contributed by atoms with E-state index in [4.69, 9.17) is 17.3 Å². The van der Waals surface area contributed by atoms with E-state index in [1.165, 1.54) is 23.5 Å². The van der Waals surface area contributed by atoms with Crippen LogP contribution < -0.4 is 5.73 Å². The lowest BCUT2D eigenvalue weighted by Gasteiger charge is -2.11. The zero-order valence-electron chi connectivity index (χ0n) is 8.71. The van der Waals surface area contributed by atoms with Gasteiger partial charge in [-0.15, -0.1) is 11.3 Å². The van der Waals surface area contributed by atoms with Crippen molar-refractivity contribution in [2.75, 3.05) is 0 Å². The van der Waals surface area contributed by atoms with Crippen LogP contribution in [0.15, 0.2) is 29.6 Å². The Morgan fingerprint density at radius 2 is 2.19 bits per heavy atom. The van der Waals surface area contributed by atoms with Gasteiger partial charge in [-0.1, -0.05) is 23.7 Å². The van der Waals surface area contributed by atoms with E-state index in [9.17, 15) is 4.39 Å². The van der Waals surface area contributed by atoms with Gasteiger partial charge in [-0.25, -0.2) is 4.39 Å². The summed E-state index contributed by atoms with van der Waals surface area (Å²) in [7, 11) is 0. The van der Waals surface area contributed by atoms with Crippen LogP contribution in [0, 0.1) is 12.7 Å². The fourth-order valence-electron chi connectivity index (χ4n) is 1.51. The summed E-state index contributed by atoms with van der Waals surface area (Å²) in [6, 6.07) is 5.94. The maximum atomic E-state index is 13.1. The van der Waals surface area contributed by atoms with Crippen LogP contribution in [0.1, 0.15) is 22.0 Å². The lowest BCUT2D eigenvalue weighted by Crippen LogP contribution is -2.10. The molecular weight excluding hydrogens is 245 g/mol. The van der Waals surface area contributed by atoms with Gasteiger partial charge in [0.15, 0.2) is 0 Å². The Hall–Kier alpha value is -0.900. The van der Waals surface area contributed by atoms with Crippen LogP contribution in [0.3, 0.4) is 0 Å². The van der Waals surface area contributed by atoms with E-state index in [2.05, 4.69) is 0 Å². The number of aryl methyl sites for hydroxylation is 1. The summed E-state index contributed by atoms with van der Waals surface area (Å²) in [6.45, 7) is 1.93. The van der Waals surface area contributed by atoms with E-state index in [-0.39, 0.29) is 11.9 Å². The number of rotatable bonds is 2. The molecule has 16 heavy (non-hydrogen) atoms. The van der Waals surface area contributed by atoms with Crippen LogP contribution in [-0.4, -0.2) is 0 Å². The summed E-state index contributed by atoms with van der Waals surface area (Å²) in [4.78, 5) is 0.879. The second kappa shape index (κ2) is 4.53. The molecule has 0 spiro atoms. The van der Waals surface area contributed by atoms with Crippen LogP contribution in [-0.2, 0) is 0 Å². The predicted octanol–water partition coefficient (Wildman–Crippen LogP) is 3.90. The molecular formula is C12H11ClFNS. The Kier molecular flexibility index (Phi) is 3.28. The summed E-state index contributed by atoms with van der Waals surface area (Å²) in [5, 5.41) is 2.64. The average molecular weight is 256 g/mol. The Balaban J connectivity index is 2.39. The van der Waals surface area contributed by atoms with Gasteiger partial charge in [0.25, 0.3) is 0 Å². The first-order valence-electron chi connectivity index (χ1n) is 4.84. The third kappa shape index (κ3) is 2.12. The molecule has 4 heteroatoms. The Labute approximate surface area is 103 Å². The predicted molar refractivity (Wildman–Crippen MR) is 66.5 cm³/mol. The van der Waals surface area contributed by atoms with E-state index >= 15 is 0 Å². The van der Waals surface area contributed by atoms with Crippen LogP contribution in [0.25, 0.3) is 0 Å². The van der Waals surface area contributed by atoms with Crippen molar-refractivity contribution in [3.63, 3.8) is 0 Å². The molecule has 0 saturated heterocycles. The fourth-order valence-corrected chi connectivity index (χ4v) is 2.85. The van der Waals surface area contributed by atoms with Crippen molar-refractivity contribution in [3.05, 3.63) is 56.5 Å². The molecule has 0 radical (unpaired) electrons. The molecule has 2 N–H and O–H groups in total. The molecule has 1 aromatic heterocycles. The van der Waals surface area contributed by atoms with Gasteiger partial charge < -0.3 is 5.73 Å². The molecule has 0 amide bonds. The van der Waals surface area contributed by atoms with Gasteiger partial charge in [0.1, 0.15) is 5.82 Å². The van der Waals surface area contributed by atoms with Crippen LogP contribution in [0.5, 0.6) is 0 Å². The first kappa shape index (κ1) is 11.6. The average Bonchev–Trinajstić information content (AvgIpc) is 2.59. The standard InChI is InChI=1S/C12H11ClFNS/c1-7-6-16-12(10(7)13)11(15)8-3-2-4-9(14)5-8/h2-6,11H,15H2,1H3. The Morgan fingerprint density at radius 1 is 1.44 bits per heavy atom. The van der Waals surface area contributed by atoms with Crippen LogP contribution in [0.2, 0.25) is 5.02 Å². The van der Waals surface area contributed by atoms with Gasteiger partial charge in [0.05, 0.1) is 11.1 Å². The highest BCUT2D eigenvalue weighted by molar-refractivity contribution is 7.10. The molecule has 0 saturated carbocycles. The molecule has 0 aliphatic heterocycles. The minimum absolute atomic E-state index is 0.280. The van der Waals surface area contributed by atoms with Gasteiger partial charge in [0.2, 0.25) is 0 Å². The van der Waals surface area contributed by atoms with Crippen LogP contribution >= 0.6 is 22.9 Å². The first-order valence-corrected chi connectivity index (χ1v) is 6.10. The molecule has 2 aromatic rings. The maximum Gasteiger partial charge on any atom is 0.123 e. The number of benzene rings is 1. The van der Waals surface area contributed by atoms with E-state index in [1.807, 2.05) is 12.3 Å². The number of nitrogens with two attached hydrogens (primary N) is 1. The van der Waals surface area contributed by atoms with Crippen molar-refractivity contribution >= 4 is 22.9 Å². The first-order chi connectivity index (χ1) is 7.59. The lowest BCUT2D eigenvalue weighted by molar-refractivity contribution is 0.624. The number of thiophene rings is 1. The zero-order valence-corrected chi connectivity index (χ0v) is 10.3. The molecule has 1 aromatic carbocycles. The molecule has 1 heterocycles. The Morgan fingerprint density at radius 3 is 2.75 bits per heavy atom. The smallest absolute Gasteiger partial charge is 0.123 e. The summed E-state index contributed by atoms with van der Waals surface area (Å²) in [6.07, 6.45) is 0. The summed E-state index contributed by atoms with van der Waals surface area (Å²) >= 11 is 7.64. The van der Waals surface area contributed by atoms with Crippen molar-refractivity contribution in [1.82, 2.24) is 0 Å². The van der Waals surface area contributed by atoms with Crippen molar-refractivity contribution in [2.24, 2.45) is 5.73 Å². The molecule has 0 aliphatic carbocycles. The second-order valence-corrected chi connectivity index (χ2v) is 4.92. The molecule has 84 valence electrons. The maximum absolute atomic E-state index is 13.1. The topological polar surface area (TPSA) is 26.0 Å². The molecule has 0 aliphatic rings. The number of halogens is 2. The second-order valence-electron chi connectivity index (χ2n) is 3.63. The van der Waals surface area contributed by atoms with Gasteiger partial charge in [0, 0.05) is 4.88 Å². The minimum Gasteiger partial charge on any atom is -0.320 e. The van der Waals surface area contributed by atoms with Crippen molar-refractivity contribution in [2.45, 2.75) is 13.0 Å². The number of hydrogen-bond donors (Lipinski definition) is 1. The quantitative estimate of drug-likeness (QED) is 0.866. The van der Waals surface area contributed by atoms with E-state index < -0.39 is 0 Å². The van der Waals surface area contributed by atoms with Gasteiger partial charge in [-0.3, -0.25) is 0 Å². The zero-order chi connectivity index (χ0) is 11.7. The van der Waals surface area contributed by atoms with Crippen LogP contribution in [0.4, 0.5) is 4.39 Å². The van der Waals surface area contributed by atoms with Gasteiger partial charge in [-0.05, 0) is 35.6 Å². The minimum atomic E-state index is -0.359. The summed E-state index contributed by atoms with van der Waals surface area (Å²) in [5.41, 5.74) is 7.81. The van der Waals surface area contributed by atoms with Gasteiger partial charge in [-0.2, -0.15) is 0 Å². The Bertz CT molecular complexity index is 509. The van der Waals surface area contributed by atoms with Crippen molar-refractivity contribution < 1.29 is 4.39 Å². The molecule has 1 unspecified atom stereocenters. The highest BCUT2D eigenvalue weighted by Gasteiger charge is 2.16. The summed E-state index contributed by atoms with van der Waals surface area (Å²) < 4.78 is 13.1. The van der Waals surface area contributed by atoms with E-state index in [0.29, 0.717) is 5.02 Å².